The molecule has 0 saturated heterocycles. The van der Waals surface area contributed by atoms with Crippen LogP contribution >= 0.6 is 0 Å². The molecular weight excluding hydrogens is 528 g/mol. The van der Waals surface area contributed by atoms with Crippen LogP contribution in [0, 0.1) is 6.08 Å². The van der Waals surface area contributed by atoms with Gasteiger partial charge >= 0.3 is 99.2 Å². The van der Waals surface area contributed by atoms with Crippen LogP contribution in [0.4, 0.5) is 0 Å². The summed E-state index contributed by atoms with van der Waals surface area (Å²) < 4.78 is 1.42. The topological polar surface area (TPSA) is 0 Å². The van der Waals surface area contributed by atoms with Gasteiger partial charge in [-0.05, 0) is 0 Å². The van der Waals surface area contributed by atoms with Crippen LogP contribution in [0.5, 0.6) is 0 Å². The molecule has 0 nitrogen and oxygen atoms in total. The monoisotopic (exact) mass is 558 g/mol. The molecule has 0 amide bonds. The Morgan fingerprint density at radius 3 is 1.50 bits per heavy atom. The maximum absolute atomic E-state index is 3.36. The molecule has 0 saturated carbocycles. The van der Waals surface area contributed by atoms with Gasteiger partial charge < -0.3 is 0 Å². The number of rotatable bonds is 3. The average molecular weight is 560 g/mol. The van der Waals surface area contributed by atoms with Crippen molar-refractivity contribution in [1.29, 1.82) is 0 Å². The summed E-state index contributed by atoms with van der Waals surface area (Å²) in [6.07, 6.45) is 8.82. The second-order valence-electron chi connectivity index (χ2n) is 9.87. The first-order valence-electron chi connectivity index (χ1n) is 12.4. The molecule has 0 atom stereocenters. The van der Waals surface area contributed by atoms with E-state index >= 15 is 0 Å². The Hall–Kier alpha value is -2.80. The number of benzene rings is 4. The van der Waals surface area contributed by atoms with E-state index in [4.69, 9.17) is 0 Å². The van der Waals surface area contributed by atoms with E-state index in [9.17, 15) is 0 Å². The fraction of sp³-hybridized carbons (Fsp3) is 0.118. The van der Waals surface area contributed by atoms with Gasteiger partial charge in [0.1, 0.15) is 0 Å². The summed E-state index contributed by atoms with van der Waals surface area (Å²) in [6, 6.07) is 40.4. The second kappa shape index (κ2) is 12.4. The predicted molar refractivity (Wildman–Crippen MR) is 157 cm³/mol. The summed E-state index contributed by atoms with van der Waals surface area (Å²) in [7, 11) is -1.01. The molecule has 0 fully saturated rings. The predicted octanol–water partition coefficient (Wildman–Crippen LogP) is 9.07. The third-order valence-corrected chi connectivity index (χ3v) is 9.53. The average Bonchev–Trinajstić information content (AvgIpc) is 3.59. The van der Waals surface area contributed by atoms with Crippen LogP contribution in [0.2, 0.25) is 19.6 Å². The number of hydrogen-bond donors (Lipinski definition) is 0. The molecule has 0 unspecified atom stereocenters. The first kappa shape index (κ1) is 26.3. The van der Waals surface area contributed by atoms with Crippen molar-refractivity contribution in [2.45, 2.75) is 26.1 Å². The summed E-state index contributed by atoms with van der Waals surface area (Å²) in [6.45, 7) is 7.06. The first-order valence-corrected chi connectivity index (χ1v) is 17.2. The largest absolute Gasteiger partial charge is 0.126 e. The van der Waals surface area contributed by atoms with Gasteiger partial charge in [0.05, 0.1) is 0 Å². The molecule has 0 aromatic heterocycles. The van der Waals surface area contributed by atoms with Gasteiger partial charge in [-0.1, -0.05) is 56.0 Å². The zero-order valence-corrected chi connectivity index (χ0v) is 24.8. The van der Waals surface area contributed by atoms with E-state index < -0.39 is 8.07 Å². The minimum Gasteiger partial charge on any atom is -0.126 e. The van der Waals surface area contributed by atoms with Crippen molar-refractivity contribution >= 4 is 32.8 Å². The zero-order valence-electron chi connectivity index (χ0n) is 21.3. The SMILES string of the molecule is C[Si](C)(C)C1=[C-]CC=C1.[Zr+2]=[C](c1ccccc1)c1ccccc1.c1ccc2c(c1)[cH-]c1ccccc12. The molecule has 176 valence electrons. The first-order chi connectivity index (χ1) is 17.4. The summed E-state index contributed by atoms with van der Waals surface area (Å²) >= 11 is 1.46. The number of fused-ring (bicyclic) bond motifs is 3. The Morgan fingerprint density at radius 1 is 0.667 bits per heavy atom. The van der Waals surface area contributed by atoms with E-state index in [1.54, 1.807) is 0 Å². The smallest absolute Gasteiger partial charge is 0.0771 e. The Kier molecular flexibility index (Phi) is 9.08. The van der Waals surface area contributed by atoms with Crippen molar-refractivity contribution in [2.75, 3.05) is 0 Å². The Bertz CT molecular complexity index is 1390. The van der Waals surface area contributed by atoms with Gasteiger partial charge in [-0.2, -0.15) is 6.08 Å². The van der Waals surface area contributed by atoms with E-state index in [0.29, 0.717) is 0 Å². The van der Waals surface area contributed by atoms with Gasteiger partial charge in [0, 0.05) is 8.07 Å². The van der Waals surface area contributed by atoms with Crippen molar-refractivity contribution in [2.24, 2.45) is 0 Å². The van der Waals surface area contributed by atoms with Gasteiger partial charge in [-0.15, -0.1) is 46.2 Å². The quantitative estimate of drug-likeness (QED) is 0.153. The van der Waals surface area contributed by atoms with Gasteiger partial charge in [0.25, 0.3) is 0 Å². The van der Waals surface area contributed by atoms with E-state index in [-0.39, 0.29) is 0 Å². The molecule has 0 aliphatic heterocycles. The number of allylic oxidation sites excluding steroid dienone is 4. The molecule has 2 heteroatoms. The molecule has 0 N–H and O–H groups in total. The van der Waals surface area contributed by atoms with Crippen molar-refractivity contribution in [1.82, 2.24) is 0 Å². The van der Waals surface area contributed by atoms with Crippen molar-refractivity contribution in [3.63, 3.8) is 0 Å². The fourth-order valence-electron chi connectivity index (χ4n) is 4.20. The van der Waals surface area contributed by atoms with Crippen molar-refractivity contribution < 1.29 is 24.2 Å². The third-order valence-electron chi connectivity index (χ3n) is 6.15. The van der Waals surface area contributed by atoms with Gasteiger partial charge in [0.15, 0.2) is 0 Å². The molecule has 1 aliphatic carbocycles. The summed E-state index contributed by atoms with van der Waals surface area (Å²) in [5, 5.41) is 6.88. The molecule has 0 bridgehead atoms. The number of hydrogen-bond acceptors (Lipinski definition) is 0. The summed E-state index contributed by atoms with van der Waals surface area (Å²) in [5.74, 6) is 0. The molecule has 5 aromatic carbocycles. The van der Waals surface area contributed by atoms with Gasteiger partial charge in [-0.3, -0.25) is 6.08 Å². The second-order valence-corrected chi connectivity index (χ2v) is 16.1. The molecule has 5 aromatic rings. The van der Waals surface area contributed by atoms with Crippen LogP contribution in [0.1, 0.15) is 17.5 Å². The fourth-order valence-corrected chi connectivity index (χ4v) is 6.27. The van der Waals surface area contributed by atoms with E-state index in [1.165, 1.54) is 65.3 Å². The molecule has 36 heavy (non-hydrogen) atoms. The van der Waals surface area contributed by atoms with Crippen LogP contribution in [0.15, 0.2) is 133 Å². The molecule has 0 spiro atoms. The Labute approximate surface area is 231 Å². The molecule has 0 heterocycles. The molecular formula is C34H32SiZr. The zero-order chi connectivity index (χ0) is 25.4. The van der Waals surface area contributed by atoms with E-state index in [1.807, 2.05) is 0 Å². The summed E-state index contributed by atoms with van der Waals surface area (Å²) in [4.78, 5) is 0. The Balaban J connectivity index is 0.000000130. The molecule has 1 aliphatic rings. The maximum Gasteiger partial charge on any atom is -0.0771 e. The molecule has 6 rings (SSSR count). The van der Waals surface area contributed by atoms with E-state index in [0.717, 1.165) is 6.42 Å². The van der Waals surface area contributed by atoms with E-state index in [2.05, 4.69) is 153 Å². The maximum atomic E-state index is 3.36. The van der Waals surface area contributed by atoms with Crippen LogP contribution in [0.3, 0.4) is 0 Å². The molecule has 0 radical (unpaired) electrons. The third kappa shape index (κ3) is 6.90. The minimum absolute atomic E-state index is 1.01. The van der Waals surface area contributed by atoms with Gasteiger partial charge in [-0.25, -0.2) is 11.3 Å². The van der Waals surface area contributed by atoms with Gasteiger partial charge in [0.2, 0.25) is 0 Å². The summed E-state index contributed by atoms with van der Waals surface area (Å²) in [5.41, 5.74) is 2.66. The van der Waals surface area contributed by atoms with Crippen LogP contribution in [-0.2, 0) is 24.2 Å². The van der Waals surface area contributed by atoms with Crippen LogP contribution < -0.4 is 0 Å². The normalized spacial score (nSPS) is 12.4. The minimum atomic E-state index is -1.01. The van der Waals surface area contributed by atoms with Crippen LogP contribution in [0.25, 0.3) is 21.5 Å². The standard InChI is InChI=1S/C13H9.C13H10.C8H13Si.Zr/c1-3-7-12-10(5-1)9-11-6-2-4-8-13(11)12;1-3-7-12(8-4-1)11-13-9-5-2-6-10-13;1-9(2,3)8-6-4-5-7-8;/h1-9H;1-10H;4,6H,5H2,1-3H3;/q-1;;-1;+2. The van der Waals surface area contributed by atoms with Crippen molar-refractivity contribution in [3.05, 3.63) is 150 Å². The van der Waals surface area contributed by atoms with Crippen LogP contribution in [-0.4, -0.2) is 11.3 Å². The Morgan fingerprint density at radius 2 is 1.11 bits per heavy atom. The van der Waals surface area contributed by atoms with Crippen molar-refractivity contribution in [3.8, 4) is 0 Å².